The van der Waals surface area contributed by atoms with Gasteiger partial charge in [-0.15, -0.1) is 0 Å². The molecule has 132 valence electrons. The van der Waals surface area contributed by atoms with Gasteiger partial charge < -0.3 is 20.1 Å². The summed E-state index contributed by atoms with van der Waals surface area (Å²) in [5.41, 5.74) is 1.97. The van der Waals surface area contributed by atoms with E-state index in [0.29, 0.717) is 0 Å². The van der Waals surface area contributed by atoms with Crippen LogP contribution in [0.4, 0.5) is 4.79 Å². The summed E-state index contributed by atoms with van der Waals surface area (Å²) in [6.45, 7) is 4.10. The molecule has 1 saturated heterocycles. The number of amides is 1. The van der Waals surface area contributed by atoms with Gasteiger partial charge in [0.05, 0.1) is 6.04 Å². The SMILES string of the molecule is CC(NC(=O)OCc1ccccc1)c1ccc(OC2CCNC2)cc1. The Morgan fingerprint density at radius 2 is 1.96 bits per heavy atom. The van der Waals surface area contributed by atoms with Crippen molar-refractivity contribution in [3.63, 3.8) is 0 Å². The molecule has 5 heteroatoms. The van der Waals surface area contributed by atoms with Gasteiger partial charge in [0.25, 0.3) is 0 Å². The molecule has 1 aliphatic heterocycles. The predicted octanol–water partition coefficient (Wildman–Crippen LogP) is 3.41. The number of carbonyl (C=O) groups excluding carboxylic acids is 1. The molecule has 3 rings (SSSR count). The van der Waals surface area contributed by atoms with Gasteiger partial charge >= 0.3 is 6.09 Å². The van der Waals surface area contributed by atoms with Crippen molar-refractivity contribution in [2.24, 2.45) is 0 Å². The first-order chi connectivity index (χ1) is 12.2. The summed E-state index contributed by atoms with van der Waals surface area (Å²) >= 11 is 0. The van der Waals surface area contributed by atoms with E-state index in [1.807, 2.05) is 61.5 Å². The van der Waals surface area contributed by atoms with Crippen molar-refractivity contribution in [1.29, 1.82) is 0 Å². The van der Waals surface area contributed by atoms with Crippen LogP contribution in [0, 0.1) is 0 Å². The number of hydrogen-bond acceptors (Lipinski definition) is 4. The van der Waals surface area contributed by atoms with Gasteiger partial charge in [0, 0.05) is 6.54 Å². The van der Waals surface area contributed by atoms with Crippen LogP contribution in [0.5, 0.6) is 5.75 Å². The highest BCUT2D eigenvalue weighted by Gasteiger charge is 2.16. The number of carbonyl (C=O) groups is 1. The van der Waals surface area contributed by atoms with Gasteiger partial charge in [-0.05, 0) is 43.1 Å². The Labute approximate surface area is 148 Å². The average molecular weight is 340 g/mol. The van der Waals surface area contributed by atoms with Crippen LogP contribution in [-0.4, -0.2) is 25.3 Å². The van der Waals surface area contributed by atoms with Crippen molar-refractivity contribution >= 4 is 6.09 Å². The zero-order chi connectivity index (χ0) is 17.5. The first kappa shape index (κ1) is 17.3. The number of ether oxygens (including phenoxy) is 2. The Morgan fingerprint density at radius 3 is 2.64 bits per heavy atom. The van der Waals surface area contributed by atoms with Crippen molar-refractivity contribution < 1.29 is 14.3 Å². The van der Waals surface area contributed by atoms with E-state index in [-0.39, 0.29) is 18.8 Å². The lowest BCUT2D eigenvalue weighted by Gasteiger charge is -2.16. The van der Waals surface area contributed by atoms with Crippen LogP contribution in [0.1, 0.15) is 30.5 Å². The van der Waals surface area contributed by atoms with E-state index < -0.39 is 6.09 Å². The Bertz CT molecular complexity index is 667. The Morgan fingerprint density at radius 1 is 1.20 bits per heavy atom. The molecule has 2 aromatic rings. The molecular weight excluding hydrogens is 316 g/mol. The summed E-state index contributed by atoms with van der Waals surface area (Å²) in [7, 11) is 0. The van der Waals surface area contributed by atoms with Crippen LogP contribution >= 0.6 is 0 Å². The zero-order valence-corrected chi connectivity index (χ0v) is 14.4. The van der Waals surface area contributed by atoms with E-state index in [2.05, 4.69) is 10.6 Å². The minimum Gasteiger partial charge on any atom is -0.489 e. The van der Waals surface area contributed by atoms with E-state index in [9.17, 15) is 4.79 Å². The molecule has 2 N–H and O–H groups in total. The van der Waals surface area contributed by atoms with Crippen molar-refractivity contribution in [3.8, 4) is 5.75 Å². The molecule has 2 unspecified atom stereocenters. The average Bonchev–Trinajstić information content (AvgIpc) is 3.14. The number of alkyl carbamates (subject to hydrolysis) is 1. The van der Waals surface area contributed by atoms with Gasteiger partial charge in [0.15, 0.2) is 0 Å². The summed E-state index contributed by atoms with van der Waals surface area (Å²) in [6, 6.07) is 17.3. The molecule has 0 aromatic heterocycles. The monoisotopic (exact) mass is 340 g/mol. The third-order valence-electron chi connectivity index (χ3n) is 4.25. The maximum absolute atomic E-state index is 11.9. The molecule has 1 heterocycles. The second-order valence-electron chi connectivity index (χ2n) is 6.23. The number of benzene rings is 2. The molecule has 1 amide bonds. The van der Waals surface area contributed by atoms with Crippen LogP contribution in [-0.2, 0) is 11.3 Å². The third kappa shape index (κ3) is 5.22. The zero-order valence-electron chi connectivity index (χ0n) is 14.4. The lowest BCUT2D eigenvalue weighted by molar-refractivity contribution is 0.136. The molecule has 25 heavy (non-hydrogen) atoms. The Kier molecular flexibility index (Phi) is 5.90. The van der Waals surface area contributed by atoms with Crippen LogP contribution < -0.4 is 15.4 Å². The van der Waals surface area contributed by atoms with Gasteiger partial charge in [0.2, 0.25) is 0 Å². The fourth-order valence-corrected chi connectivity index (χ4v) is 2.78. The summed E-state index contributed by atoms with van der Waals surface area (Å²) in [5, 5.41) is 6.13. The maximum atomic E-state index is 11.9. The van der Waals surface area contributed by atoms with Gasteiger partial charge in [0.1, 0.15) is 18.5 Å². The van der Waals surface area contributed by atoms with Gasteiger partial charge in [-0.25, -0.2) is 4.79 Å². The Balaban J connectivity index is 1.46. The quantitative estimate of drug-likeness (QED) is 0.846. The van der Waals surface area contributed by atoms with Crippen molar-refractivity contribution in [3.05, 3.63) is 65.7 Å². The van der Waals surface area contributed by atoms with Crippen LogP contribution in [0.15, 0.2) is 54.6 Å². The molecule has 2 atom stereocenters. The highest BCUT2D eigenvalue weighted by Crippen LogP contribution is 2.20. The van der Waals surface area contributed by atoms with E-state index in [1.54, 1.807) is 0 Å². The maximum Gasteiger partial charge on any atom is 0.407 e. The van der Waals surface area contributed by atoms with E-state index in [1.165, 1.54) is 0 Å². The second-order valence-corrected chi connectivity index (χ2v) is 6.23. The number of nitrogens with one attached hydrogen (secondary N) is 2. The summed E-state index contributed by atoms with van der Waals surface area (Å²) in [5.74, 6) is 0.858. The summed E-state index contributed by atoms with van der Waals surface area (Å²) in [4.78, 5) is 11.9. The summed E-state index contributed by atoms with van der Waals surface area (Å²) < 4.78 is 11.2. The second kappa shape index (κ2) is 8.53. The van der Waals surface area contributed by atoms with Crippen LogP contribution in [0.2, 0.25) is 0 Å². The number of hydrogen-bond donors (Lipinski definition) is 2. The number of rotatable bonds is 6. The lowest BCUT2D eigenvalue weighted by atomic mass is 10.1. The van der Waals surface area contributed by atoms with Crippen molar-refractivity contribution in [1.82, 2.24) is 10.6 Å². The smallest absolute Gasteiger partial charge is 0.407 e. The third-order valence-corrected chi connectivity index (χ3v) is 4.25. The van der Waals surface area contributed by atoms with E-state index >= 15 is 0 Å². The van der Waals surface area contributed by atoms with Crippen LogP contribution in [0.25, 0.3) is 0 Å². The highest BCUT2D eigenvalue weighted by molar-refractivity contribution is 5.67. The largest absolute Gasteiger partial charge is 0.489 e. The molecule has 1 fully saturated rings. The minimum atomic E-state index is -0.422. The predicted molar refractivity (Wildman–Crippen MR) is 96.5 cm³/mol. The molecule has 0 bridgehead atoms. The minimum absolute atomic E-state index is 0.134. The molecule has 2 aromatic carbocycles. The lowest BCUT2D eigenvalue weighted by Crippen LogP contribution is -2.27. The molecular formula is C20H24N2O3. The van der Waals surface area contributed by atoms with E-state index in [0.717, 1.165) is 36.4 Å². The van der Waals surface area contributed by atoms with Crippen molar-refractivity contribution in [2.45, 2.75) is 32.1 Å². The fraction of sp³-hybridized carbons (Fsp3) is 0.350. The molecule has 0 spiro atoms. The standard InChI is InChI=1S/C20H24N2O3/c1-15(22-20(23)24-14-16-5-3-2-4-6-16)17-7-9-18(10-8-17)25-19-11-12-21-13-19/h2-10,15,19,21H,11-14H2,1H3,(H,22,23). The van der Waals surface area contributed by atoms with E-state index in [4.69, 9.17) is 9.47 Å². The molecule has 1 aliphatic rings. The first-order valence-corrected chi connectivity index (χ1v) is 8.65. The van der Waals surface area contributed by atoms with Gasteiger partial charge in [-0.2, -0.15) is 0 Å². The molecule has 0 radical (unpaired) electrons. The van der Waals surface area contributed by atoms with Crippen LogP contribution in [0.3, 0.4) is 0 Å². The van der Waals surface area contributed by atoms with Gasteiger partial charge in [-0.3, -0.25) is 0 Å². The summed E-state index contributed by atoms with van der Waals surface area (Å²) in [6.07, 6.45) is 0.857. The molecule has 0 aliphatic carbocycles. The fourth-order valence-electron chi connectivity index (χ4n) is 2.78. The van der Waals surface area contributed by atoms with Gasteiger partial charge in [-0.1, -0.05) is 42.5 Å². The Hall–Kier alpha value is -2.53. The molecule has 0 saturated carbocycles. The topological polar surface area (TPSA) is 59.6 Å². The normalized spacial score (nSPS) is 17.7. The highest BCUT2D eigenvalue weighted by atomic mass is 16.5. The first-order valence-electron chi connectivity index (χ1n) is 8.65. The molecule has 5 nitrogen and oxygen atoms in total. The van der Waals surface area contributed by atoms with Crippen molar-refractivity contribution in [2.75, 3.05) is 13.1 Å².